The van der Waals surface area contributed by atoms with Crippen LogP contribution in [0.2, 0.25) is 5.02 Å². The van der Waals surface area contributed by atoms with E-state index in [1.165, 1.54) is 7.11 Å². The van der Waals surface area contributed by atoms with Gasteiger partial charge in [0.05, 0.1) is 12.7 Å². The number of unbranched alkanes of at least 4 members (excludes halogenated alkanes) is 1. The molecule has 1 aromatic carbocycles. The number of hydrogen-bond donors (Lipinski definition) is 4. The molecule has 1 aliphatic carbocycles. The monoisotopic (exact) mass is 552 g/mol. The van der Waals surface area contributed by atoms with Crippen LogP contribution in [0.5, 0.6) is 0 Å². The standard InChI is InChI=1S/C28H45ClN4O5/c1-38-26(35)31-15-6-14-28(37,21-7-4-9-23(29)19-21)22-8-5-16-32(20-22)27(36)33(17-2-3-18-34)25-12-10-24(30)11-13-25/h4,7,9,19,22,24-25,34,37H,2-3,5-6,8,10-18,20,30H2,1H3,(H,31,35)/t22-,24?,25?,28+/m0/s1. The summed E-state index contributed by atoms with van der Waals surface area (Å²) in [6, 6.07) is 7.64. The number of hydrogen-bond acceptors (Lipinski definition) is 6. The van der Waals surface area contributed by atoms with Gasteiger partial charge in [0.25, 0.3) is 0 Å². The van der Waals surface area contributed by atoms with Crippen LogP contribution in [0.1, 0.15) is 69.8 Å². The Kier molecular flexibility index (Phi) is 12.0. The van der Waals surface area contributed by atoms with Crippen molar-refractivity contribution in [3.63, 3.8) is 0 Å². The lowest BCUT2D eigenvalue weighted by Gasteiger charge is -2.45. The molecule has 0 spiro atoms. The molecule has 10 heteroatoms. The minimum absolute atomic E-state index is 0.00825. The molecule has 0 bridgehead atoms. The summed E-state index contributed by atoms with van der Waals surface area (Å²) in [6.45, 7) is 2.18. The van der Waals surface area contributed by atoms with Crippen molar-refractivity contribution < 1.29 is 24.5 Å². The second-order valence-corrected chi connectivity index (χ2v) is 11.2. The summed E-state index contributed by atoms with van der Waals surface area (Å²) in [5.41, 5.74) is 5.65. The van der Waals surface area contributed by atoms with Gasteiger partial charge >= 0.3 is 12.1 Å². The van der Waals surface area contributed by atoms with Crippen molar-refractivity contribution in [2.75, 3.05) is 39.9 Å². The van der Waals surface area contributed by atoms with Gasteiger partial charge in [0.1, 0.15) is 0 Å². The molecule has 1 saturated heterocycles. The van der Waals surface area contributed by atoms with Gasteiger partial charge in [-0.25, -0.2) is 9.59 Å². The summed E-state index contributed by atoms with van der Waals surface area (Å²) in [5, 5.41) is 24.7. The number of aliphatic hydroxyl groups excluding tert-OH is 1. The largest absolute Gasteiger partial charge is 0.453 e. The molecular formula is C28H45ClN4O5. The first kappa shape index (κ1) is 30.5. The highest BCUT2D eigenvalue weighted by Crippen LogP contribution is 2.40. The summed E-state index contributed by atoms with van der Waals surface area (Å²) in [4.78, 5) is 29.3. The number of ether oxygens (including phenoxy) is 1. The smallest absolute Gasteiger partial charge is 0.406 e. The molecule has 0 radical (unpaired) electrons. The fraction of sp³-hybridized carbons (Fsp3) is 0.714. The van der Waals surface area contributed by atoms with E-state index in [-0.39, 0.29) is 30.6 Å². The number of rotatable bonds is 11. The average molecular weight is 553 g/mol. The zero-order valence-electron chi connectivity index (χ0n) is 22.6. The Morgan fingerprint density at radius 1 is 1.21 bits per heavy atom. The Morgan fingerprint density at radius 3 is 2.66 bits per heavy atom. The summed E-state index contributed by atoms with van der Waals surface area (Å²) in [5.74, 6) is -0.184. The minimum Gasteiger partial charge on any atom is -0.453 e. The zero-order chi connectivity index (χ0) is 27.5. The maximum Gasteiger partial charge on any atom is 0.406 e. The Bertz CT molecular complexity index is 898. The van der Waals surface area contributed by atoms with Crippen molar-refractivity contribution in [2.45, 2.75) is 81.9 Å². The van der Waals surface area contributed by atoms with Crippen LogP contribution >= 0.6 is 11.6 Å². The Labute approximate surface area is 231 Å². The molecule has 2 fully saturated rings. The van der Waals surface area contributed by atoms with Crippen molar-refractivity contribution in [2.24, 2.45) is 11.7 Å². The molecule has 214 valence electrons. The molecule has 1 heterocycles. The number of carbonyl (C=O) groups is 2. The third kappa shape index (κ3) is 8.21. The molecule has 3 amide bonds. The van der Waals surface area contributed by atoms with Gasteiger partial charge in [-0.3, -0.25) is 0 Å². The Morgan fingerprint density at radius 2 is 1.97 bits per heavy atom. The molecule has 9 nitrogen and oxygen atoms in total. The van der Waals surface area contributed by atoms with E-state index in [0.717, 1.165) is 50.5 Å². The molecule has 0 aromatic heterocycles. The van der Waals surface area contributed by atoms with Crippen LogP contribution in [-0.4, -0.2) is 84.1 Å². The van der Waals surface area contributed by atoms with E-state index in [4.69, 9.17) is 17.3 Å². The topological polar surface area (TPSA) is 128 Å². The van der Waals surface area contributed by atoms with E-state index >= 15 is 0 Å². The number of benzene rings is 1. The third-order valence-corrected chi connectivity index (χ3v) is 8.35. The molecule has 1 aromatic rings. The first-order valence-electron chi connectivity index (χ1n) is 14.0. The van der Waals surface area contributed by atoms with Gasteiger partial charge in [-0.2, -0.15) is 0 Å². The third-order valence-electron chi connectivity index (χ3n) is 8.12. The lowest BCUT2D eigenvalue weighted by Crippen LogP contribution is -2.55. The number of halogens is 1. The fourth-order valence-corrected chi connectivity index (χ4v) is 6.12. The highest BCUT2D eigenvalue weighted by molar-refractivity contribution is 6.30. The van der Waals surface area contributed by atoms with Crippen LogP contribution < -0.4 is 11.1 Å². The van der Waals surface area contributed by atoms with Crippen molar-refractivity contribution >= 4 is 23.7 Å². The number of amides is 3. The highest BCUT2D eigenvalue weighted by Gasteiger charge is 2.42. The maximum atomic E-state index is 13.9. The van der Waals surface area contributed by atoms with Gasteiger partial charge in [-0.15, -0.1) is 0 Å². The molecule has 1 aliphatic heterocycles. The maximum absolute atomic E-state index is 13.9. The second kappa shape index (κ2) is 14.9. The van der Waals surface area contributed by atoms with E-state index < -0.39 is 11.7 Å². The quantitative estimate of drug-likeness (QED) is 0.309. The predicted molar refractivity (Wildman–Crippen MR) is 148 cm³/mol. The SMILES string of the molecule is COC(=O)NCCC[C@@](O)(c1cccc(Cl)c1)[C@H]1CCCN(C(=O)N(CCCCO)C2CCC(N)CC2)C1. The van der Waals surface area contributed by atoms with Crippen molar-refractivity contribution in [3.05, 3.63) is 34.9 Å². The van der Waals surface area contributed by atoms with Crippen LogP contribution in [0.15, 0.2) is 24.3 Å². The second-order valence-electron chi connectivity index (χ2n) is 10.7. The first-order chi connectivity index (χ1) is 18.3. The van der Waals surface area contributed by atoms with Crippen LogP contribution in [0.4, 0.5) is 9.59 Å². The van der Waals surface area contributed by atoms with Crippen molar-refractivity contribution in [1.29, 1.82) is 0 Å². The molecule has 1 saturated carbocycles. The van der Waals surface area contributed by atoms with E-state index in [0.29, 0.717) is 50.5 Å². The van der Waals surface area contributed by atoms with Gasteiger partial charge in [-0.1, -0.05) is 23.7 Å². The number of alkyl carbamates (subject to hydrolysis) is 1. The number of urea groups is 1. The lowest BCUT2D eigenvalue weighted by atomic mass is 9.74. The van der Waals surface area contributed by atoms with Crippen LogP contribution in [0.3, 0.4) is 0 Å². The molecular weight excluding hydrogens is 508 g/mol. The molecule has 38 heavy (non-hydrogen) atoms. The van der Waals surface area contributed by atoms with Crippen LogP contribution in [0, 0.1) is 5.92 Å². The molecule has 2 aliphatic rings. The van der Waals surface area contributed by atoms with Crippen molar-refractivity contribution in [1.82, 2.24) is 15.1 Å². The fourth-order valence-electron chi connectivity index (χ4n) is 5.93. The number of piperidine rings is 1. The van der Waals surface area contributed by atoms with Gasteiger partial charge in [-0.05, 0) is 81.9 Å². The number of methoxy groups -OCH3 is 1. The summed E-state index contributed by atoms with van der Waals surface area (Å²) >= 11 is 6.31. The summed E-state index contributed by atoms with van der Waals surface area (Å²) in [7, 11) is 1.32. The number of carbonyl (C=O) groups excluding carboxylic acids is 2. The normalized spacial score (nSPS) is 23.4. The number of likely N-dealkylation sites (tertiary alicyclic amines) is 1. The number of nitrogens with two attached hydrogens (primary N) is 1. The van der Waals surface area contributed by atoms with E-state index in [2.05, 4.69) is 10.1 Å². The van der Waals surface area contributed by atoms with Crippen LogP contribution in [-0.2, 0) is 10.3 Å². The molecule has 0 unspecified atom stereocenters. The first-order valence-corrected chi connectivity index (χ1v) is 14.4. The Balaban J connectivity index is 1.77. The number of aliphatic hydroxyl groups is 2. The van der Waals surface area contributed by atoms with Crippen LogP contribution in [0.25, 0.3) is 0 Å². The molecule has 2 atom stereocenters. The predicted octanol–water partition coefficient (Wildman–Crippen LogP) is 3.84. The van der Waals surface area contributed by atoms with Gasteiger partial charge in [0.15, 0.2) is 0 Å². The van der Waals surface area contributed by atoms with E-state index in [1.807, 2.05) is 21.9 Å². The van der Waals surface area contributed by atoms with Gasteiger partial charge < -0.3 is 35.8 Å². The van der Waals surface area contributed by atoms with Gasteiger partial charge in [0.2, 0.25) is 0 Å². The highest BCUT2D eigenvalue weighted by atomic mass is 35.5. The average Bonchev–Trinajstić information content (AvgIpc) is 2.93. The summed E-state index contributed by atoms with van der Waals surface area (Å²) in [6.07, 6.45) is 7.02. The van der Waals surface area contributed by atoms with Crippen molar-refractivity contribution in [3.8, 4) is 0 Å². The lowest BCUT2D eigenvalue weighted by molar-refractivity contribution is -0.0573. The number of nitrogens with one attached hydrogen (secondary N) is 1. The molecule has 5 N–H and O–H groups in total. The minimum atomic E-state index is -1.21. The zero-order valence-corrected chi connectivity index (χ0v) is 23.4. The van der Waals surface area contributed by atoms with E-state index in [1.54, 1.807) is 12.1 Å². The van der Waals surface area contributed by atoms with E-state index in [9.17, 15) is 19.8 Å². The number of nitrogens with zero attached hydrogens (tertiary/aromatic N) is 2. The Hall–Kier alpha value is -2.07. The van der Waals surface area contributed by atoms with Gasteiger partial charge in [0, 0.05) is 55.8 Å². The molecule has 3 rings (SSSR count). The summed E-state index contributed by atoms with van der Waals surface area (Å²) < 4.78 is 4.65.